The average molecular weight is 351 g/mol. The normalized spacial score (nSPS) is 10.8. The number of allylic oxidation sites excluding steroid dienone is 1. The Morgan fingerprint density at radius 1 is 1.30 bits per heavy atom. The number of fused-ring (bicyclic) bond motifs is 1. The minimum atomic E-state index is 0. The number of hydrogen-bond donors (Lipinski definition) is 1. The van der Waals surface area contributed by atoms with Gasteiger partial charge in [-0.15, -0.1) is 5.70 Å². The number of carbonyl (C=O) groups excluding carboxylic acids is 1. The predicted octanol–water partition coefficient (Wildman–Crippen LogP) is -0.602. The zero-order valence-corrected chi connectivity index (χ0v) is 17.1. The van der Waals surface area contributed by atoms with Crippen LogP contribution in [-0.4, -0.2) is 36.9 Å². The van der Waals surface area contributed by atoms with E-state index < -0.39 is 0 Å². The summed E-state index contributed by atoms with van der Waals surface area (Å²) in [6, 6.07) is 11.6. The first-order chi connectivity index (χ1) is 10.8. The Morgan fingerprint density at radius 3 is 2.57 bits per heavy atom. The molecular formula is C17H16KN2O2S-. The van der Waals surface area contributed by atoms with Crippen LogP contribution in [0.15, 0.2) is 42.5 Å². The van der Waals surface area contributed by atoms with Crippen LogP contribution in [0, 0.1) is 0 Å². The molecule has 0 radical (unpaired) electrons. The van der Waals surface area contributed by atoms with Gasteiger partial charge in [-0.2, -0.15) is 6.08 Å². The van der Waals surface area contributed by atoms with Gasteiger partial charge in [0, 0.05) is 18.5 Å². The SMILES string of the molecule is COc1ccc(/C(=C/[C-]=O)N([C-]=S)CCN)c2ccccc12.[K+]. The van der Waals surface area contributed by atoms with E-state index in [2.05, 4.69) is 5.49 Å². The Hall–Kier alpha value is -0.604. The summed E-state index contributed by atoms with van der Waals surface area (Å²) in [5.41, 5.74) is 9.71. The van der Waals surface area contributed by atoms with Crippen molar-refractivity contribution in [3.63, 3.8) is 0 Å². The maximum atomic E-state index is 10.9. The Labute approximate surface area is 184 Å². The molecule has 0 aromatic heterocycles. The number of nitrogens with two attached hydrogens (primary N) is 1. The van der Waals surface area contributed by atoms with Crippen molar-refractivity contribution in [3.8, 4) is 5.75 Å². The Bertz CT molecular complexity index is 719. The van der Waals surface area contributed by atoms with Crippen molar-refractivity contribution in [3.05, 3.63) is 48.0 Å². The van der Waals surface area contributed by atoms with Gasteiger partial charge in [0.05, 0.1) is 7.11 Å². The summed E-state index contributed by atoms with van der Waals surface area (Å²) >= 11 is 4.93. The van der Waals surface area contributed by atoms with E-state index in [1.54, 1.807) is 12.0 Å². The minimum absolute atomic E-state index is 0. The molecule has 2 N–H and O–H groups in total. The summed E-state index contributed by atoms with van der Waals surface area (Å²) < 4.78 is 5.39. The zero-order valence-electron chi connectivity index (χ0n) is 13.2. The number of ether oxygens (including phenoxy) is 1. The topological polar surface area (TPSA) is 55.6 Å². The van der Waals surface area contributed by atoms with Crippen molar-refractivity contribution in [2.45, 2.75) is 0 Å². The van der Waals surface area contributed by atoms with Crippen molar-refractivity contribution in [2.24, 2.45) is 5.73 Å². The van der Waals surface area contributed by atoms with E-state index in [0.717, 1.165) is 22.1 Å². The van der Waals surface area contributed by atoms with Crippen molar-refractivity contribution >= 4 is 40.5 Å². The van der Waals surface area contributed by atoms with Gasteiger partial charge < -0.3 is 20.2 Å². The fourth-order valence-corrected chi connectivity index (χ4v) is 2.56. The van der Waals surface area contributed by atoms with Crippen molar-refractivity contribution in [2.75, 3.05) is 20.2 Å². The van der Waals surface area contributed by atoms with E-state index in [4.69, 9.17) is 22.7 Å². The molecule has 23 heavy (non-hydrogen) atoms. The van der Waals surface area contributed by atoms with Crippen LogP contribution < -0.4 is 61.9 Å². The van der Waals surface area contributed by atoms with Crippen molar-refractivity contribution in [1.29, 1.82) is 0 Å². The molecule has 0 saturated carbocycles. The van der Waals surface area contributed by atoms with Crippen LogP contribution in [0.4, 0.5) is 0 Å². The number of thiocarbonyl (C=S) groups is 1. The molecule has 0 saturated heterocycles. The van der Waals surface area contributed by atoms with E-state index >= 15 is 0 Å². The Kier molecular flexibility index (Phi) is 9.15. The maximum Gasteiger partial charge on any atom is 1.00 e. The van der Waals surface area contributed by atoms with Gasteiger partial charge in [-0.1, -0.05) is 41.4 Å². The third-order valence-corrected chi connectivity index (χ3v) is 3.55. The molecule has 114 valence electrons. The zero-order chi connectivity index (χ0) is 15.9. The van der Waals surface area contributed by atoms with Crippen molar-refractivity contribution in [1.82, 2.24) is 4.90 Å². The van der Waals surface area contributed by atoms with Crippen LogP contribution in [0.25, 0.3) is 16.5 Å². The van der Waals surface area contributed by atoms with E-state index in [1.807, 2.05) is 42.7 Å². The molecule has 0 aliphatic heterocycles. The van der Waals surface area contributed by atoms with Gasteiger partial charge in [-0.3, -0.25) is 0 Å². The second-order valence-electron chi connectivity index (χ2n) is 4.54. The fourth-order valence-electron chi connectivity index (χ4n) is 2.37. The fraction of sp³-hybridized carbons (Fsp3) is 0.176. The van der Waals surface area contributed by atoms with Gasteiger partial charge in [0.2, 0.25) is 0 Å². The average Bonchev–Trinajstić information content (AvgIpc) is 2.57. The predicted molar refractivity (Wildman–Crippen MR) is 92.5 cm³/mol. The molecule has 4 nitrogen and oxygen atoms in total. The summed E-state index contributed by atoms with van der Waals surface area (Å²) in [7, 11) is 1.63. The molecule has 0 atom stereocenters. The number of hydrogen-bond acceptors (Lipinski definition) is 4. The number of nitrogens with zero attached hydrogens (tertiary/aromatic N) is 1. The van der Waals surface area contributed by atoms with Gasteiger partial charge in [0.15, 0.2) is 0 Å². The maximum absolute atomic E-state index is 10.9. The largest absolute Gasteiger partial charge is 1.00 e. The first-order valence-corrected chi connectivity index (χ1v) is 7.17. The van der Waals surface area contributed by atoms with Gasteiger partial charge >= 0.3 is 51.4 Å². The molecule has 0 bridgehead atoms. The number of benzene rings is 2. The van der Waals surface area contributed by atoms with E-state index in [0.29, 0.717) is 18.8 Å². The second-order valence-corrected chi connectivity index (χ2v) is 4.72. The van der Waals surface area contributed by atoms with E-state index in [-0.39, 0.29) is 51.4 Å². The molecule has 0 aliphatic rings. The van der Waals surface area contributed by atoms with Crippen LogP contribution in [0.2, 0.25) is 0 Å². The Balaban J connectivity index is 0.00000264. The molecular weight excluding hydrogens is 335 g/mol. The molecule has 0 heterocycles. The van der Waals surface area contributed by atoms with E-state index in [9.17, 15) is 4.79 Å². The summed E-state index contributed by atoms with van der Waals surface area (Å²) in [6.45, 7) is 0.866. The molecule has 0 fully saturated rings. The van der Waals surface area contributed by atoms with Gasteiger partial charge in [0.1, 0.15) is 5.75 Å². The number of methoxy groups -OCH3 is 1. The molecule has 2 aromatic rings. The first kappa shape index (κ1) is 20.4. The summed E-state index contributed by atoms with van der Waals surface area (Å²) in [5.74, 6) is 0.769. The quantitative estimate of drug-likeness (QED) is 0.237. The van der Waals surface area contributed by atoms with Crippen molar-refractivity contribution < 1.29 is 60.9 Å². The van der Waals surface area contributed by atoms with Crippen LogP contribution >= 0.6 is 12.2 Å². The van der Waals surface area contributed by atoms with Crippen LogP contribution in [0.3, 0.4) is 0 Å². The molecule has 6 heteroatoms. The molecule has 2 rings (SSSR count). The van der Waals surface area contributed by atoms with Gasteiger partial charge in [0.25, 0.3) is 0 Å². The third-order valence-electron chi connectivity index (χ3n) is 3.33. The first-order valence-electron chi connectivity index (χ1n) is 6.76. The molecule has 0 spiro atoms. The number of rotatable bonds is 7. The summed E-state index contributed by atoms with van der Waals surface area (Å²) in [5, 5.41) is 1.91. The Morgan fingerprint density at radius 2 is 2.00 bits per heavy atom. The smallest absolute Gasteiger partial charge is 0.501 e. The van der Waals surface area contributed by atoms with E-state index in [1.165, 1.54) is 6.08 Å². The monoisotopic (exact) mass is 351 g/mol. The molecule has 0 unspecified atom stereocenters. The van der Waals surface area contributed by atoms with Gasteiger partial charge in [-0.05, 0) is 17.7 Å². The minimum Gasteiger partial charge on any atom is -0.501 e. The molecule has 0 aliphatic carbocycles. The standard InChI is InChI=1S/C17H16N2O2S.K/c1-21-17-7-6-14(13-4-2-3-5-15(13)17)16(8-11-20)19(12-22)10-9-18;/h2-8H,9-10,18H2,1H3;/q-2;+1/b16-8-;. The van der Waals surface area contributed by atoms with Gasteiger partial charge in [-0.25, -0.2) is 12.2 Å². The third kappa shape index (κ3) is 4.70. The summed E-state index contributed by atoms with van der Waals surface area (Å²) in [6.07, 6.45) is 3.17. The van der Waals surface area contributed by atoms with Crippen LogP contribution in [0.1, 0.15) is 5.56 Å². The summed E-state index contributed by atoms with van der Waals surface area (Å²) in [4.78, 5) is 12.6. The van der Waals surface area contributed by atoms with Crippen LogP contribution in [-0.2, 0) is 4.79 Å². The van der Waals surface area contributed by atoms with Crippen LogP contribution in [0.5, 0.6) is 5.75 Å². The molecule has 2 aromatic carbocycles. The second kappa shape index (κ2) is 10.3. The molecule has 0 amide bonds.